The van der Waals surface area contributed by atoms with Crippen LogP contribution in [0.4, 0.5) is 4.39 Å². The first kappa shape index (κ1) is 15.8. The van der Waals surface area contributed by atoms with E-state index >= 15 is 0 Å². The number of hydrogen-bond donors (Lipinski definition) is 1. The molecule has 24 heavy (non-hydrogen) atoms. The molecule has 1 N–H and O–H groups in total. The Bertz CT molecular complexity index is 816. The molecule has 0 bridgehead atoms. The molecule has 8 nitrogen and oxygen atoms in total. The zero-order valence-corrected chi connectivity index (χ0v) is 13.2. The molecule has 0 radical (unpaired) electrons. The molecule has 124 valence electrons. The van der Waals surface area contributed by atoms with E-state index < -0.39 is 5.82 Å². The minimum absolute atomic E-state index is 0.0918. The van der Waals surface area contributed by atoms with Crippen LogP contribution >= 0.6 is 0 Å². The monoisotopic (exact) mass is 329 g/mol. The highest BCUT2D eigenvalue weighted by Crippen LogP contribution is 2.17. The number of carbonyl (C=O) groups excluding carboxylic acids is 1. The molecular formula is C15H16FN7O. The Kier molecular flexibility index (Phi) is 4.32. The summed E-state index contributed by atoms with van der Waals surface area (Å²) in [6.07, 6.45) is 3.20. The highest BCUT2D eigenvalue weighted by Gasteiger charge is 2.19. The molecule has 0 spiro atoms. The maximum Gasteiger partial charge on any atom is 0.253 e. The Morgan fingerprint density at radius 2 is 2.29 bits per heavy atom. The number of aromatic amines is 1. The zero-order chi connectivity index (χ0) is 17.1. The fourth-order valence-electron chi connectivity index (χ4n) is 2.41. The highest BCUT2D eigenvalue weighted by atomic mass is 19.1. The molecule has 3 aromatic rings. The third-order valence-corrected chi connectivity index (χ3v) is 3.64. The number of H-pyrrole nitrogens is 1. The second kappa shape index (κ2) is 6.57. The first-order valence-electron chi connectivity index (χ1n) is 7.34. The molecule has 0 aliphatic carbocycles. The average Bonchev–Trinajstić information content (AvgIpc) is 3.27. The summed E-state index contributed by atoms with van der Waals surface area (Å²) in [6.45, 7) is 2.27. The van der Waals surface area contributed by atoms with Crippen LogP contribution in [0, 0.1) is 5.82 Å². The lowest BCUT2D eigenvalue weighted by atomic mass is 10.1. The van der Waals surface area contributed by atoms with Gasteiger partial charge in [-0.25, -0.2) is 9.07 Å². The number of hydrogen-bond acceptors (Lipinski definition) is 5. The molecular weight excluding hydrogens is 313 g/mol. The maximum absolute atomic E-state index is 14.3. The van der Waals surface area contributed by atoms with Gasteiger partial charge in [0.1, 0.15) is 11.5 Å². The molecule has 2 heterocycles. The number of rotatable bonds is 5. The fraction of sp³-hybridized carbons (Fsp3) is 0.267. The SMILES string of the molecule is CC(CN(C)C(=O)c1ccc(-n2cccn2)c(F)c1)c1nn[nH]n1. The van der Waals surface area contributed by atoms with Crippen LogP contribution in [0.5, 0.6) is 0 Å². The van der Waals surface area contributed by atoms with Gasteiger partial charge in [-0.2, -0.15) is 10.3 Å². The van der Waals surface area contributed by atoms with Crippen molar-refractivity contribution in [3.8, 4) is 5.69 Å². The summed E-state index contributed by atoms with van der Waals surface area (Å²) < 4.78 is 15.7. The molecule has 1 unspecified atom stereocenters. The van der Waals surface area contributed by atoms with E-state index in [0.717, 1.165) is 0 Å². The predicted molar refractivity (Wildman–Crippen MR) is 83.1 cm³/mol. The summed E-state index contributed by atoms with van der Waals surface area (Å²) >= 11 is 0. The van der Waals surface area contributed by atoms with Crippen LogP contribution in [0.3, 0.4) is 0 Å². The fourth-order valence-corrected chi connectivity index (χ4v) is 2.41. The molecule has 1 amide bonds. The number of amides is 1. The number of nitrogens with zero attached hydrogens (tertiary/aromatic N) is 6. The average molecular weight is 329 g/mol. The van der Waals surface area contributed by atoms with Gasteiger partial charge < -0.3 is 4.90 Å². The lowest BCUT2D eigenvalue weighted by Gasteiger charge is -2.20. The number of benzene rings is 1. The first-order valence-corrected chi connectivity index (χ1v) is 7.34. The van der Waals surface area contributed by atoms with Crippen molar-refractivity contribution < 1.29 is 9.18 Å². The van der Waals surface area contributed by atoms with Crippen LogP contribution in [0.2, 0.25) is 0 Å². The van der Waals surface area contributed by atoms with Crippen LogP contribution in [-0.4, -0.2) is 54.8 Å². The maximum atomic E-state index is 14.3. The van der Waals surface area contributed by atoms with Crippen molar-refractivity contribution >= 4 is 5.91 Å². The lowest BCUT2D eigenvalue weighted by molar-refractivity contribution is 0.0787. The Morgan fingerprint density at radius 3 is 2.92 bits per heavy atom. The summed E-state index contributed by atoms with van der Waals surface area (Å²) in [4.78, 5) is 14.0. The standard InChI is InChI=1S/C15H16FN7O/c1-10(14-18-20-21-19-14)9-22(2)15(24)11-4-5-13(12(16)8-11)23-7-3-6-17-23/h3-8,10H,9H2,1-2H3,(H,18,19,20,21). The Morgan fingerprint density at radius 1 is 1.46 bits per heavy atom. The highest BCUT2D eigenvalue weighted by molar-refractivity contribution is 5.94. The summed E-state index contributed by atoms with van der Waals surface area (Å²) in [7, 11) is 1.65. The summed E-state index contributed by atoms with van der Waals surface area (Å²) in [5.74, 6) is -0.360. The Labute approximate surface area is 137 Å². The van der Waals surface area contributed by atoms with Crippen molar-refractivity contribution in [2.75, 3.05) is 13.6 Å². The third-order valence-electron chi connectivity index (χ3n) is 3.64. The van der Waals surface area contributed by atoms with Gasteiger partial charge in [0.05, 0.1) is 0 Å². The number of aromatic nitrogens is 6. The largest absolute Gasteiger partial charge is 0.341 e. The first-order chi connectivity index (χ1) is 11.6. The van der Waals surface area contributed by atoms with Crippen LogP contribution in [-0.2, 0) is 0 Å². The van der Waals surface area contributed by atoms with Crippen molar-refractivity contribution in [2.45, 2.75) is 12.8 Å². The van der Waals surface area contributed by atoms with E-state index in [2.05, 4.69) is 25.7 Å². The van der Waals surface area contributed by atoms with Crippen LogP contribution in [0.1, 0.15) is 29.0 Å². The number of tetrazole rings is 1. The topological polar surface area (TPSA) is 92.6 Å². The van der Waals surface area contributed by atoms with Crippen molar-refractivity contribution in [1.82, 2.24) is 35.3 Å². The summed E-state index contributed by atoms with van der Waals surface area (Å²) in [5, 5.41) is 17.7. The summed E-state index contributed by atoms with van der Waals surface area (Å²) in [5.41, 5.74) is 0.561. The van der Waals surface area contributed by atoms with Gasteiger partial charge in [-0.3, -0.25) is 4.79 Å². The zero-order valence-electron chi connectivity index (χ0n) is 13.2. The molecule has 0 aliphatic heterocycles. The normalized spacial score (nSPS) is 12.1. The molecule has 9 heteroatoms. The second-order valence-electron chi connectivity index (χ2n) is 5.47. The van der Waals surface area contributed by atoms with Crippen LogP contribution in [0.15, 0.2) is 36.7 Å². The smallest absolute Gasteiger partial charge is 0.253 e. The van der Waals surface area contributed by atoms with Gasteiger partial charge in [0, 0.05) is 37.5 Å². The molecule has 0 fully saturated rings. The van der Waals surface area contributed by atoms with Crippen molar-refractivity contribution in [2.24, 2.45) is 0 Å². The number of carbonyl (C=O) groups is 1. The number of nitrogens with one attached hydrogen (secondary N) is 1. The Balaban J connectivity index is 1.74. The van der Waals surface area contributed by atoms with Gasteiger partial charge in [-0.05, 0) is 24.3 Å². The van der Waals surface area contributed by atoms with Gasteiger partial charge in [0.25, 0.3) is 5.91 Å². The van der Waals surface area contributed by atoms with Crippen molar-refractivity contribution in [1.29, 1.82) is 0 Å². The van der Waals surface area contributed by atoms with Gasteiger partial charge in [0.15, 0.2) is 5.82 Å². The van der Waals surface area contributed by atoms with E-state index in [9.17, 15) is 9.18 Å². The third kappa shape index (κ3) is 3.14. The van der Waals surface area contributed by atoms with E-state index in [1.54, 1.807) is 31.6 Å². The van der Waals surface area contributed by atoms with E-state index in [-0.39, 0.29) is 17.4 Å². The second-order valence-corrected chi connectivity index (χ2v) is 5.47. The van der Waals surface area contributed by atoms with Crippen LogP contribution < -0.4 is 0 Å². The summed E-state index contributed by atoms with van der Waals surface area (Å²) in [6, 6.07) is 6.03. The molecule has 0 aliphatic rings. The van der Waals surface area contributed by atoms with Crippen LogP contribution in [0.25, 0.3) is 5.69 Å². The van der Waals surface area contributed by atoms with Gasteiger partial charge in [-0.1, -0.05) is 12.1 Å². The van der Waals surface area contributed by atoms with E-state index in [0.29, 0.717) is 18.1 Å². The Hall–Kier alpha value is -3.10. The molecule has 1 atom stereocenters. The van der Waals surface area contributed by atoms with Crippen molar-refractivity contribution in [3.05, 3.63) is 53.9 Å². The predicted octanol–water partition coefficient (Wildman–Crippen LogP) is 1.40. The van der Waals surface area contributed by atoms with E-state index in [4.69, 9.17) is 0 Å². The van der Waals surface area contributed by atoms with Gasteiger partial charge in [-0.15, -0.1) is 10.2 Å². The minimum atomic E-state index is -0.510. The van der Waals surface area contributed by atoms with Gasteiger partial charge >= 0.3 is 0 Å². The quantitative estimate of drug-likeness (QED) is 0.764. The number of halogens is 1. The minimum Gasteiger partial charge on any atom is -0.341 e. The van der Waals surface area contributed by atoms with Crippen molar-refractivity contribution in [3.63, 3.8) is 0 Å². The molecule has 0 saturated heterocycles. The molecule has 2 aromatic heterocycles. The number of likely N-dealkylation sites (N-methyl/N-ethyl adjacent to an activating group) is 1. The molecule has 0 saturated carbocycles. The van der Waals surface area contributed by atoms with E-state index in [1.165, 1.54) is 21.7 Å². The molecule has 1 aromatic carbocycles. The van der Waals surface area contributed by atoms with Gasteiger partial charge in [0.2, 0.25) is 0 Å². The lowest BCUT2D eigenvalue weighted by Crippen LogP contribution is -2.30. The molecule has 3 rings (SSSR count). The van der Waals surface area contributed by atoms with E-state index in [1.807, 2.05) is 6.92 Å².